The summed E-state index contributed by atoms with van der Waals surface area (Å²) >= 11 is 0. The van der Waals surface area contributed by atoms with Crippen molar-refractivity contribution in [3.05, 3.63) is 69.8 Å². The molecule has 1 fully saturated rings. The van der Waals surface area contributed by atoms with E-state index in [-0.39, 0.29) is 0 Å². The number of allylic oxidation sites excluding steroid dienone is 6. The van der Waals surface area contributed by atoms with Gasteiger partial charge in [-0.15, -0.1) is 0 Å². The standard InChI is InChI=1S/C27H34O9/c1-14(10-11-19-16(3)13-20(34-6)18(5)17(19)4)8-7-9-15(2)12-21(28)35-27-24(31)22(29)23(30)25(36-27)26(32)33/h7-13,22-25,27,29-31H,1-6H3,(H,32,33)/b9-7+,11-10+,14-8+,15-12-/t22-,23-,24+,25-,27+/m1/s1. The lowest BCUT2D eigenvalue weighted by Gasteiger charge is -2.37. The minimum Gasteiger partial charge on any atom is -0.496 e. The molecule has 1 aliphatic heterocycles. The fourth-order valence-electron chi connectivity index (χ4n) is 3.69. The van der Waals surface area contributed by atoms with E-state index in [9.17, 15) is 24.9 Å². The molecule has 1 aliphatic rings. The molecule has 0 bridgehead atoms. The Kier molecular flexibility index (Phi) is 10.2. The molecule has 9 heteroatoms. The molecule has 1 aromatic carbocycles. The number of aliphatic carboxylic acids is 1. The molecule has 5 atom stereocenters. The van der Waals surface area contributed by atoms with Gasteiger partial charge in [0, 0.05) is 6.08 Å². The van der Waals surface area contributed by atoms with E-state index in [0.29, 0.717) is 5.57 Å². The number of aliphatic hydroxyl groups excluding tert-OH is 3. The quantitative estimate of drug-likeness (QED) is 0.240. The molecule has 1 heterocycles. The van der Waals surface area contributed by atoms with Crippen LogP contribution in [0, 0.1) is 20.8 Å². The van der Waals surface area contributed by atoms with E-state index < -0.39 is 42.6 Å². The minimum absolute atomic E-state index is 0.520. The zero-order valence-corrected chi connectivity index (χ0v) is 21.3. The summed E-state index contributed by atoms with van der Waals surface area (Å²) in [5.74, 6) is -1.61. The molecule has 0 aromatic heterocycles. The number of aryl methyl sites for hydroxylation is 1. The van der Waals surface area contributed by atoms with E-state index >= 15 is 0 Å². The average Bonchev–Trinajstić information content (AvgIpc) is 2.81. The van der Waals surface area contributed by atoms with Crippen molar-refractivity contribution in [3.8, 4) is 5.75 Å². The van der Waals surface area contributed by atoms with Crippen LogP contribution in [0.4, 0.5) is 0 Å². The van der Waals surface area contributed by atoms with Gasteiger partial charge in [-0.05, 0) is 68.5 Å². The summed E-state index contributed by atoms with van der Waals surface area (Å²) in [6.07, 6.45) is 1.34. The largest absolute Gasteiger partial charge is 0.496 e. The van der Waals surface area contributed by atoms with Crippen molar-refractivity contribution in [3.63, 3.8) is 0 Å². The highest BCUT2D eigenvalue weighted by Crippen LogP contribution is 2.28. The van der Waals surface area contributed by atoms with Gasteiger partial charge in [0.2, 0.25) is 6.29 Å². The molecule has 0 saturated carbocycles. The Hall–Kier alpha value is -3.24. The number of hydrogen-bond donors (Lipinski definition) is 4. The van der Waals surface area contributed by atoms with Gasteiger partial charge in [0.15, 0.2) is 6.10 Å². The van der Waals surface area contributed by atoms with Gasteiger partial charge in [-0.2, -0.15) is 0 Å². The molecule has 2 rings (SSSR count). The van der Waals surface area contributed by atoms with Crippen LogP contribution in [0.2, 0.25) is 0 Å². The zero-order chi connectivity index (χ0) is 27.2. The Morgan fingerprint density at radius 1 is 0.972 bits per heavy atom. The summed E-state index contributed by atoms with van der Waals surface area (Å²) in [5, 5.41) is 38.5. The van der Waals surface area contributed by atoms with Gasteiger partial charge in [0.1, 0.15) is 24.1 Å². The third-order valence-electron chi connectivity index (χ3n) is 5.95. The molecule has 0 spiro atoms. The van der Waals surface area contributed by atoms with Crippen molar-refractivity contribution in [1.29, 1.82) is 0 Å². The van der Waals surface area contributed by atoms with Gasteiger partial charge in [0.05, 0.1) is 7.11 Å². The van der Waals surface area contributed by atoms with E-state index in [1.165, 1.54) is 0 Å². The van der Waals surface area contributed by atoms with E-state index in [0.717, 1.165) is 39.7 Å². The lowest BCUT2D eigenvalue weighted by Crippen LogP contribution is -2.60. The molecule has 196 valence electrons. The summed E-state index contributed by atoms with van der Waals surface area (Å²) in [5.41, 5.74) is 5.96. The van der Waals surface area contributed by atoms with Crippen LogP contribution in [-0.4, -0.2) is 70.2 Å². The highest BCUT2D eigenvalue weighted by atomic mass is 16.7. The molecule has 36 heavy (non-hydrogen) atoms. The van der Waals surface area contributed by atoms with Crippen molar-refractivity contribution in [2.75, 3.05) is 7.11 Å². The highest BCUT2D eigenvalue weighted by Gasteiger charge is 2.48. The van der Waals surface area contributed by atoms with Gasteiger partial charge in [-0.3, -0.25) is 0 Å². The van der Waals surface area contributed by atoms with E-state index in [4.69, 9.17) is 19.3 Å². The number of ether oxygens (including phenoxy) is 3. The second kappa shape index (κ2) is 12.6. The molecule has 1 aromatic rings. The molecule has 4 N–H and O–H groups in total. The Balaban J connectivity index is 2.03. The maximum absolute atomic E-state index is 12.2. The number of hydrogen-bond acceptors (Lipinski definition) is 8. The molecular formula is C27H34O9. The summed E-state index contributed by atoms with van der Waals surface area (Å²) in [7, 11) is 1.66. The van der Waals surface area contributed by atoms with Crippen LogP contribution in [0.25, 0.3) is 6.08 Å². The van der Waals surface area contributed by atoms with Gasteiger partial charge in [-0.1, -0.05) is 36.0 Å². The van der Waals surface area contributed by atoms with Gasteiger partial charge in [0.25, 0.3) is 0 Å². The average molecular weight is 503 g/mol. The Labute approximate surface area is 210 Å². The van der Waals surface area contributed by atoms with Crippen molar-refractivity contribution in [2.24, 2.45) is 0 Å². The monoisotopic (exact) mass is 502 g/mol. The van der Waals surface area contributed by atoms with Crippen molar-refractivity contribution in [2.45, 2.75) is 65.3 Å². The highest BCUT2D eigenvalue weighted by molar-refractivity contribution is 5.83. The van der Waals surface area contributed by atoms with E-state index in [1.54, 1.807) is 26.2 Å². The smallest absolute Gasteiger partial charge is 0.335 e. The lowest BCUT2D eigenvalue weighted by atomic mass is 9.96. The maximum atomic E-state index is 12.2. The number of carboxylic acid groups (broad SMARTS) is 1. The molecule has 0 radical (unpaired) electrons. The van der Waals surface area contributed by atoms with Crippen LogP contribution in [0.5, 0.6) is 5.75 Å². The minimum atomic E-state index is -1.86. The summed E-state index contributed by atoms with van der Waals surface area (Å²) < 4.78 is 15.3. The van der Waals surface area contributed by atoms with Crippen molar-refractivity contribution in [1.82, 2.24) is 0 Å². The normalized spacial score (nSPS) is 25.4. The van der Waals surface area contributed by atoms with Crippen molar-refractivity contribution >= 4 is 18.0 Å². The fraction of sp³-hybridized carbons (Fsp3) is 0.407. The lowest BCUT2D eigenvalue weighted by molar-refractivity contribution is -0.284. The predicted octanol–water partition coefficient (Wildman–Crippen LogP) is 2.52. The second-order valence-corrected chi connectivity index (χ2v) is 8.72. The number of aliphatic hydroxyl groups is 3. The number of esters is 1. The van der Waals surface area contributed by atoms with Crippen LogP contribution in [-0.2, 0) is 19.1 Å². The summed E-state index contributed by atoms with van der Waals surface area (Å²) in [6, 6.07) is 2.01. The fourth-order valence-corrected chi connectivity index (χ4v) is 3.69. The summed E-state index contributed by atoms with van der Waals surface area (Å²) in [4.78, 5) is 23.3. The molecular weight excluding hydrogens is 468 g/mol. The number of carboxylic acids is 1. The Bertz CT molecular complexity index is 1100. The topological polar surface area (TPSA) is 143 Å². The van der Waals surface area contributed by atoms with Crippen LogP contribution in [0.1, 0.15) is 36.1 Å². The molecule has 0 unspecified atom stereocenters. The first-order valence-electron chi connectivity index (χ1n) is 11.4. The van der Waals surface area contributed by atoms with Gasteiger partial charge >= 0.3 is 11.9 Å². The van der Waals surface area contributed by atoms with Crippen LogP contribution < -0.4 is 4.74 Å². The van der Waals surface area contributed by atoms with E-state index in [1.807, 2.05) is 45.1 Å². The van der Waals surface area contributed by atoms with Crippen LogP contribution in [0.3, 0.4) is 0 Å². The Morgan fingerprint density at radius 2 is 1.64 bits per heavy atom. The number of carbonyl (C=O) groups excluding carboxylic acids is 1. The third kappa shape index (κ3) is 7.14. The molecule has 0 amide bonds. The number of carbonyl (C=O) groups is 2. The van der Waals surface area contributed by atoms with Crippen LogP contribution in [0.15, 0.2) is 47.6 Å². The maximum Gasteiger partial charge on any atom is 0.335 e. The Morgan fingerprint density at radius 3 is 2.25 bits per heavy atom. The number of benzene rings is 1. The first-order valence-corrected chi connectivity index (χ1v) is 11.4. The molecule has 0 aliphatic carbocycles. The SMILES string of the molecule is COc1cc(C)c(/C=C/C(C)=C/C=C/C(C)=C\C(=O)O[C@H]2O[C@@H](C(=O)O)[C@H](O)[C@@H](O)[C@@H]2O)c(C)c1C. The molecule has 9 nitrogen and oxygen atoms in total. The first-order chi connectivity index (χ1) is 16.9. The second-order valence-electron chi connectivity index (χ2n) is 8.72. The van der Waals surface area contributed by atoms with E-state index in [2.05, 4.69) is 6.92 Å². The zero-order valence-electron chi connectivity index (χ0n) is 21.3. The van der Waals surface area contributed by atoms with Gasteiger partial charge < -0.3 is 34.6 Å². The van der Waals surface area contributed by atoms with Gasteiger partial charge in [-0.25, -0.2) is 9.59 Å². The third-order valence-corrected chi connectivity index (χ3v) is 5.95. The number of methoxy groups -OCH3 is 1. The first kappa shape index (κ1) is 29.0. The molecule has 1 saturated heterocycles. The predicted molar refractivity (Wildman–Crippen MR) is 133 cm³/mol. The van der Waals surface area contributed by atoms with Crippen molar-refractivity contribution < 1.29 is 44.2 Å². The van der Waals surface area contributed by atoms with Crippen LogP contribution >= 0.6 is 0 Å². The number of rotatable bonds is 8. The summed E-state index contributed by atoms with van der Waals surface area (Å²) in [6.45, 7) is 9.70.